The molecule has 1 aliphatic rings. The maximum atomic E-state index is 13.1. The Kier molecular flexibility index (Phi) is 2.80. The Hall–Kier alpha value is -1.23. The van der Waals surface area contributed by atoms with E-state index in [-0.39, 0.29) is 10.5 Å². The number of hydrogen-bond donors (Lipinski definition) is 0. The molecule has 0 aliphatic heterocycles. The van der Waals surface area contributed by atoms with Crippen LogP contribution < -0.4 is 0 Å². The highest BCUT2D eigenvalue weighted by Gasteiger charge is 2.23. The van der Waals surface area contributed by atoms with Crippen molar-refractivity contribution in [1.82, 2.24) is 0 Å². The molecule has 0 bridgehead atoms. The van der Waals surface area contributed by atoms with Gasteiger partial charge in [-0.1, -0.05) is 0 Å². The monoisotopic (exact) mass is 242 g/mol. The van der Waals surface area contributed by atoms with Gasteiger partial charge in [0.15, 0.2) is 0 Å². The van der Waals surface area contributed by atoms with E-state index in [1.54, 1.807) is 6.07 Å². The molecule has 0 heterocycles. The highest BCUT2D eigenvalue weighted by Crippen LogP contribution is 2.29. The number of benzene rings is 1. The molecule has 0 saturated carbocycles. The van der Waals surface area contributed by atoms with E-state index in [0.29, 0.717) is 24.7 Å². The minimum Gasteiger partial charge on any atom is -0.298 e. The van der Waals surface area contributed by atoms with Crippen LogP contribution in [0.25, 0.3) is 0 Å². The molecular formula is C11H11FO3S. The van der Waals surface area contributed by atoms with Gasteiger partial charge < -0.3 is 0 Å². The third kappa shape index (κ3) is 2.00. The summed E-state index contributed by atoms with van der Waals surface area (Å²) in [4.78, 5) is 10.3. The van der Waals surface area contributed by atoms with Crippen LogP contribution in [-0.4, -0.2) is 14.7 Å². The maximum absolute atomic E-state index is 13.1. The summed E-state index contributed by atoms with van der Waals surface area (Å²) >= 11 is 0. The Labute approximate surface area is 93.5 Å². The average Bonchev–Trinajstić information content (AvgIpc) is 2.26. The predicted molar refractivity (Wildman–Crippen MR) is 56.8 cm³/mol. The summed E-state index contributed by atoms with van der Waals surface area (Å²) in [6, 6.07) is 2.77. The Morgan fingerprint density at radius 3 is 2.50 bits per heavy atom. The fourth-order valence-corrected chi connectivity index (χ4v) is 2.94. The summed E-state index contributed by atoms with van der Waals surface area (Å²) in [6.45, 7) is 0. The number of aryl methyl sites for hydroxylation is 1. The fourth-order valence-electron chi connectivity index (χ4n) is 2.14. The van der Waals surface area contributed by atoms with E-state index in [0.717, 1.165) is 24.5 Å². The van der Waals surface area contributed by atoms with Gasteiger partial charge >= 0.3 is 10.2 Å². The number of rotatable bonds is 2. The molecule has 2 rings (SSSR count). The van der Waals surface area contributed by atoms with Gasteiger partial charge in [-0.25, -0.2) is 0 Å². The molecule has 5 heteroatoms. The van der Waals surface area contributed by atoms with Gasteiger partial charge in [0.2, 0.25) is 0 Å². The maximum Gasteiger partial charge on any atom is 0.332 e. The lowest BCUT2D eigenvalue weighted by Crippen LogP contribution is -2.09. The summed E-state index contributed by atoms with van der Waals surface area (Å²) in [5.74, 6) is 0. The Morgan fingerprint density at radius 1 is 1.19 bits per heavy atom. The van der Waals surface area contributed by atoms with Gasteiger partial charge in [-0.3, -0.25) is 4.79 Å². The van der Waals surface area contributed by atoms with Crippen LogP contribution in [0.15, 0.2) is 17.0 Å². The van der Waals surface area contributed by atoms with Crippen molar-refractivity contribution in [2.75, 3.05) is 0 Å². The van der Waals surface area contributed by atoms with Crippen molar-refractivity contribution in [3.05, 3.63) is 28.8 Å². The van der Waals surface area contributed by atoms with Crippen molar-refractivity contribution in [3.63, 3.8) is 0 Å². The van der Waals surface area contributed by atoms with E-state index in [4.69, 9.17) is 0 Å². The second-order valence-electron chi connectivity index (χ2n) is 3.92. The van der Waals surface area contributed by atoms with Crippen LogP contribution in [-0.2, 0) is 23.1 Å². The fraction of sp³-hybridized carbons (Fsp3) is 0.364. The first kappa shape index (κ1) is 11.3. The zero-order valence-corrected chi connectivity index (χ0v) is 9.39. The molecule has 1 aromatic rings. The van der Waals surface area contributed by atoms with Crippen LogP contribution in [0, 0.1) is 0 Å². The van der Waals surface area contributed by atoms with Gasteiger partial charge in [-0.15, -0.1) is 3.89 Å². The number of fused-ring (bicyclic) bond motifs is 1. The van der Waals surface area contributed by atoms with Crippen LogP contribution >= 0.6 is 0 Å². The van der Waals surface area contributed by atoms with Gasteiger partial charge in [0.05, 0.1) is 0 Å². The minimum atomic E-state index is -4.74. The van der Waals surface area contributed by atoms with Gasteiger partial charge in [0.25, 0.3) is 0 Å². The lowest BCUT2D eigenvalue weighted by atomic mass is 9.90. The third-order valence-electron chi connectivity index (χ3n) is 2.85. The first-order chi connectivity index (χ1) is 7.52. The molecule has 0 spiro atoms. The molecule has 1 aromatic carbocycles. The van der Waals surface area contributed by atoms with Gasteiger partial charge in [-0.2, -0.15) is 8.42 Å². The largest absolute Gasteiger partial charge is 0.332 e. The second kappa shape index (κ2) is 3.97. The van der Waals surface area contributed by atoms with E-state index in [1.807, 2.05) is 0 Å². The molecule has 0 saturated heterocycles. The number of carbonyl (C=O) groups is 1. The molecule has 86 valence electrons. The number of halogens is 1. The third-order valence-corrected chi connectivity index (χ3v) is 3.73. The Morgan fingerprint density at radius 2 is 1.88 bits per heavy atom. The number of hydrogen-bond acceptors (Lipinski definition) is 3. The number of aldehydes is 1. The standard InChI is InChI=1S/C11H11FO3S/c12-16(14,15)11-6-8(7-13)5-9-3-1-2-4-10(9)11/h5-7H,1-4H2. The van der Waals surface area contributed by atoms with Crippen molar-refractivity contribution in [2.24, 2.45) is 0 Å². The average molecular weight is 242 g/mol. The van der Waals surface area contributed by atoms with Crippen molar-refractivity contribution in [2.45, 2.75) is 30.6 Å². The van der Waals surface area contributed by atoms with Crippen LogP contribution in [0.3, 0.4) is 0 Å². The molecule has 0 fully saturated rings. The molecule has 0 radical (unpaired) electrons. The predicted octanol–water partition coefficient (Wildman–Crippen LogP) is 2.04. The first-order valence-electron chi connectivity index (χ1n) is 5.08. The summed E-state index contributed by atoms with van der Waals surface area (Å²) in [7, 11) is -4.74. The Bertz CT molecular complexity index is 534. The van der Waals surface area contributed by atoms with E-state index >= 15 is 0 Å². The smallest absolute Gasteiger partial charge is 0.298 e. The van der Waals surface area contributed by atoms with Crippen LogP contribution in [0.1, 0.15) is 34.3 Å². The van der Waals surface area contributed by atoms with Crippen LogP contribution in [0.4, 0.5) is 3.89 Å². The summed E-state index contributed by atoms with van der Waals surface area (Å²) in [5, 5.41) is 0. The van der Waals surface area contributed by atoms with Crippen LogP contribution in [0.5, 0.6) is 0 Å². The van der Waals surface area contributed by atoms with Gasteiger partial charge in [-0.05, 0) is 48.9 Å². The van der Waals surface area contributed by atoms with Crippen molar-refractivity contribution < 1.29 is 17.1 Å². The molecular weight excluding hydrogens is 231 g/mol. The molecule has 0 unspecified atom stereocenters. The topological polar surface area (TPSA) is 51.2 Å². The zero-order valence-electron chi connectivity index (χ0n) is 8.57. The van der Waals surface area contributed by atoms with Crippen LogP contribution in [0.2, 0.25) is 0 Å². The summed E-state index contributed by atoms with van der Waals surface area (Å²) in [6.07, 6.45) is 3.62. The molecule has 0 N–H and O–H groups in total. The second-order valence-corrected chi connectivity index (χ2v) is 5.24. The molecule has 1 aliphatic carbocycles. The summed E-state index contributed by atoms with van der Waals surface area (Å²) < 4.78 is 35.1. The van der Waals surface area contributed by atoms with E-state index in [1.165, 1.54) is 0 Å². The van der Waals surface area contributed by atoms with Crippen molar-refractivity contribution in [1.29, 1.82) is 0 Å². The summed E-state index contributed by atoms with van der Waals surface area (Å²) in [5.41, 5.74) is 1.54. The van der Waals surface area contributed by atoms with Gasteiger partial charge in [0.1, 0.15) is 11.2 Å². The minimum absolute atomic E-state index is 0.219. The quantitative estimate of drug-likeness (QED) is 0.589. The molecule has 0 aromatic heterocycles. The molecule has 0 atom stereocenters. The number of carbonyl (C=O) groups excluding carboxylic acids is 1. The van der Waals surface area contributed by atoms with E-state index in [2.05, 4.69) is 0 Å². The highest BCUT2D eigenvalue weighted by atomic mass is 32.3. The SMILES string of the molecule is O=Cc1cc2c(c(S(=O)(=O)F)c1)CCCC2. The lowest BCUT2D eigenvalue weighted by Gasteiger charge is -2.18. The van der Waals surface area contributed by atoms with Crippen molar-refractivity contribution >= 4 is 16.5 Å². The molecule has 16 heavy (non-hydrogen) atoms. The Balaban J connectivity index is 2.70. The lowest BCUT2D eigenvalue weighted by molar-refractivity contribution is 0.112. The first-order valence-corrected chi connectivity index (χ1v) is 6.46. The highest BCUT2D eigenvalue weighted by molar-refractivity contribution is 7.86. The van der Waals surface area contributed by atoms with E-state index in [9.17, 15) is 17.1 Å². The normalized spacial score (nSPS) is 15.6. The molecule has 3 nitrogen and oxygen atoms in total. The van der Waals surface area contributed by atoms with Crippen molar-refractivity contribution in [3.8, 4) is 0 Å². The van der Waals surface area contributed by atoms with Gasteiger partial charge in [0, 0.05) is 5.56 Å². The van der Waals surface area contributed by atoms with E-state index < -0.39 is 10.2 Å². The molecule has 0 amide bonds. The zero-order chi connectivity index (χ0) is 11.8.